The molecule has 3 N–H and O–H groups in total. The Kier molecular flexibility index (Phi) is 3.83. The van der Waals surface area contributed by atoms with Gasteiger partial charge in [-0.1, -0.05) is 20.8 Å². The number of carbonyl (C=O) groups is 1. The number of nitrogens with zero attached hydrogens (tertiary/aromatic N) is 2. The second-order valence-corrected chi connectivity index (χ2v) is 5.76. The summed E-state index contributed by atoms with van der Waals surface area (Å²) in [5, 5.41) is 7.05. The van der Waals surface area contributed by atoms with E-state index >= 15 is 0 Å². The molecule has 1 aliphatic rings. The van der Waals surface area contributed by atoms with E-state index in [-0.39, 0.29) is 17.9 Å². The van der Waals surface area contributed by atoms with E-state index in [9.17, 15) is 4.79 Å². The van der Waals surface area contributed by atoms with E-state index in [0.29, 0.717) is 17.4 Å². The molecule has 2 rings (SSSR count). The highest BCUT2D eigenvalue weighted by atomic mass is 16.2. The first-order chi connectivity index (χ1) is 8.97. The van der Waals surface area contributed by atoms with Crippen molar-refractivity contribution >= 4 is 11.6 Å². The third-order valence-electron chi connectivity index (χ3n) is 4.11. The zero-order valence-corrected chi connectivity index (χ0v) is 12.2. The molecule has 1 amide bonds. The summed E-state index contributed by atoms with van der Waals surface area (Å²) in [5.41, 5.74) is 7.81. The summed E-state index contributed by atoms with van der Waals surface area (Å²) < 4.78 is 0. The van der Waals surface area contributed by atoms with Crippen LogP contribution in [0.15, 0.2) is 0 Å². The molecule has 0 spiro atoms. The molecule has 19 heavy (non-hydrogen) atoms. The third kappa shape index (κ3) is 2.33. The fourth-order valence-corrected chi connectivity index (χ4v) is 2.93. The fourth-order valence-electron chi connectivity index (χ4n) is 2.93. The van der Waals surface area contributed by atoms with Gasteiger partial charge in [0.25, 0.3) is 5.91 Å². The van der Waals surface area contributed by atoms with Gasteiger partial charge in [0.05, 0.1) is 11.4 Å². The standard InChI is InChI=1S/C14H24N4O/c1-5-10-7-6-9(4)18(10)14(19)13-11(15)12(8(2)3)16-17-13/h8-10H,5-7,15H2,1-4H3,(H,16,17). The molecule has 106 valence electrons. The van der Waals surface area contributed by atoms with Gasteiger partial charge in [-0.25, -0.2) is 0 Å². The van der Waals surface area contributed by atoms with Crippen molar-refractivity contribution in [2.45, 2.75) is 65.0 Å². The molecule has 0 radical (unpaired) electrons. The number of carbonyl (C=O) groups excluding carboxylic acids is 1. The number of nitrogens with two attached hydrogens (primary N) is 1. The van der Waals surface area contributed by atoms with Gasteiger partial charge in [0.2, 0.25) is 0 Å². The van der Waals surface area contributed by atoms with Crippen molar-refractivity contribution in [1.29, 1.82) is 0 Å². The van der Waals surface area contributed by atoms with Crippen molar-refractivity contribution in [3.63, 3.8) is 0 Å². The highest BCUT2D eigenvalue weighted by Crippen LogP contribution is 2.30. The number of hydrogen-bond donors (Lipinski definition) is 2. The lowest BCUT2D eigenvalue weighted by Gasteiger charge is -2.27. The molecular formula is C14H24N4O. The Hall–Kier alpha value is -1.52. The molecule has 1 aliphatic heterocycles. The monoisotopic (exact) mass is 264 g/mol. The van der Waals surface area contributed by atoms with Gasteiger partial charge in [0, 0.05) is 12.1 Å². The molecule has 2 heterocycles. The van der Waals surface area contributed by atoms with Crippen LogP contribution in [0.4, 0.5) is 5.69 Å². The summed E-state index contributed by atoms with van der Waals surface area (Å²) in [6, 6.07) is 0.595. The van der Waals surface area contributed by atoms with Gasteiger partial charge in [-0.3, -0.25) is 9.89 Å². The quantitative estimate of drug-likeness (QED) is 0.880. The van der Waals surface area contributed by atoms with Crippen molar-refractivity contribution in [3.8, 4) is 0 Å². The number of aromatic amines is 1. The number of anilines is 1. The molecular weight excluding hydrogens is 240 g/mol. The zero-order chi connectivity index (χ0) is 14.2. The van der Waals surface area contributed by atoms with Crippen molar-refractivity contribution in [2.24, 2.45) is 0 Å². The van der Waals surface area contributed by atoms with E-state index < -0.39 is 0 Å². The van der Waals surface area contributed by atoms with E-state index in [1.54, 1.807) is 0 Å². The van der Waals surface area contributed by atoms with Crippen molar-refractivity contribution in [1.82, 2.24) is 15.1 Å². The van der Waals surface area contributed by atoms with E-state index in [4.69, 9.17) is 5.73 Å². The topological polar surface area (TPSA) is 75.0 Å². The SMILES string of the molecule is CCC1CCC(C)N1C(=O)c1n[nH]c(C(C)C)c1N. The largest absolute Gasteiger partial charge is 0.395 e. The predicted octanol–water partition coefficient (Wildman–Crippen LogP) is 2.52. The summed E-state index contributed by atoms with van der Waals surface area (Å²) >= 11 is 0. The van der Waals surface area contributed by atoms with Crippen LogP contribution in [0, 0.1) is 0 Å². The van der Waals surface area contributed by atoms with Crippen LogP contribution in [0.1, 0.15) is 69.1 Å². The Morgan fingerprint density at radius 3 is 2.74 bits per heavy atom. The average molecular weight is 264 g/mol. The minimum absolute atomic E-state index is 0.0301. The Morgan fingerprint density at radius 2 is 2.21 bits per heavy atom. The van der Waals surface area contributed by atoms with E-state index in [2.05, 4.69) is 24.0 Å². The maximum Gasteiger partial charge on any atom is 0.277 e. The highest BCUT2D eigenvalue weighted by molar-refractivity contribution is 5.98. The number of likely N-dealkylation sites (tertiary alicyclic amines) is 1. The predicted molar refractivity (Wildman–Crippen MR) is 76.0 cm³/mol. The molecule has 1 fully saturated rings. The molecule has 0 aromatic carbocycles. The van der Waals surface area contributed by atoms with Crippen LogP contribution in [0.3, 0.4) is 0 Å². The number of nitrogen functional groups attached to an aromatic ring is 1. The Labute approximate surface area is 114 Å². The van der Waals surface area contributed by atoms with Crippen LogP contribution in [-0.4, -0.2) is 33.1 Å². The normalized spacial score (nSPS) is 23.3. The summed E-state index contributed by atoms with van der Waals surface area (Å²) in [5.74, 6) is 0.213. The van der Waals surface area contributed by atoms with Gasteiger partial charge < -0.3 is 10.6 Å². The van der Waals surface area contributed by atoms with Gasteiger partial charge in [-0.15, -0.1) is 0 Å². The molecule has 0 saturated carbocycles. The lowest BCUT2D eigenvalue weighted by atomic mass is 10.1. The van der Waals surface area contributed by atoms with Crippen LogP contribution in [0.5, 0.6) is 0 Å². The third-order valence-corrected chi connectivity index (χ3v) is 4.11. The first-order valence-corrected chi connectivity index (χ1v) is 7.13. The minimum atomic E-state index is -0.0301. The molecule has 5 heteroatoms. The van der Waals surface area contributed by atoms with Crippen molar-refractivity contribution in [3.05, 3.63) is 11.4 Å². The van der Waals surface area contributed by atoms with Gasteiger partial charge in [0.15, 0.2) is 5.69 Å². The van der Waals surface area contributed by atoms with Gasteiger partial charge >= 0.3 is 0 Å². The minimum Gasteiger partial charge on any atom is -0.395 e. The first kappa shape index (κ1) is 13.9. The number of H-pyrrole nitrogens is 1. The molecule has 1 aromatic heterocycles. The average Bonchev–Trinajstić information content (AvgIpc) is 2.91. The first-order valence-electron chi connectivity index (χ1n) is 7.13. The van der Waals surface area contributed by atoms with Crippen LogP contribution in [0.25, 0.3) is 0 Å². The second kappa shape index (κ2) is 5.23. The summed E-state index contributed by atoms with van der Waals surface area (Å²) in [7, 11) is 0. The fraction of sp³-hybridized carbons (Fsp3) is 0.714. The van der Waals surface area contributed by atoms with E-state index in [1.807, 2.05) is 18.7 Å². The van der Waals surface area contributed by atoms with Crippen LogP contribution < -0.4 is 5.73 Å². The van der Waals surface area contributed by atoms with Crippen LogP contribution in [0.2, 0.25) is 0 Å². The highest BCUT2D eigenvalue weighted by Gasteiger charge is 2.35. The number of rotatable bonds is 3. The molecule has 1 aromatic rings. The van der Waals surface area contributed by atoms with Crippen molar-refractivity contribution in [2.75, 3.05) is 5.73 Å². The Morgan fingerprint density at radius 1 is 1.53 bits per heavy atom. The van der Waals surface area contributed by atoms with E-state index in [0.717, 1.165) is 25.0 Å². The molecule has 5 nitrogen and oxygen atoms in total. The maximum atomic E-state index is 12.6. The zero-order valence-electron chi connectivity index (χ0n) is 12.2. The summed E-state index contributed by atoms with van der Waals surface area (Å²) in [6.45, 7) is 8.28. The molecule has 2 atom stereocenters. The van der Waals surface area contributed by atoms with Crippen LogP contribution in [-0.2, 0) is 0 Å². The second-order valence-electron chi connectivity index (χ2n) is 5.76. The molecule has 0 bridgehead atoms. The summed E-state index contributed by atoms with van der Waals surface area (Å²) in [4.78, 5) is 14.6. The number of hydrogen-bond acceptors (Lipinski definition) is 3. The Balaban J connectivity index is 2.29. The molecule has 2 unspecified atom stereocenters. The van der Waals surface area contributed by atoms with Crippen molar-refractivity contribution < 1.29 is 4.79 Å². The number of nitrogens with one attached hydrogen (secondary N) is 1. The van der Waals surface area contributed by atoms with Gasteiger partial charge in [-0.2, -0.15) is 5.10 Å². The smallest absolute Gasteiger partial charge is 0.277 e. The van der Waals surface area contributed by atoms with Gasteiger partial charge in [-0.05, 0) is 32.1 Å². The number of amides is 1. The lowest BCUT2D eigenvalue weighted by Crippen LogP contribution is -2.40. The summed E-state index contributed by atoms with van der Waals surface area (Å²) in [6.07, 6.45) is 3.12. The van der Waals surface area contributed by atoms with E-state index in [1.165, 1.54) is 0 Å². The number of aromatic nitrogens is 2. The maximum absolute atomic E-state index is 12.6. The Bertz CT molecular complexity index is 466. The van der Waals surface area contributed by atoms with Gasteiger partial charge in [0.1, 0.15) is 0 Å². The van der Waals surface area contributed by atoms with Crippen LogP contribution >= 0.6 is 0 Å². The molecule has 0 aliphatic carbocycles. The lowest BCUT2D eigenvalue weighted by molar-refractivity contribution is 0.0671. The molecule has 1 saturated heterocycles.